The van der Waals surface area contributed by atoms with Crippen molar-refractivity contribution in [2.45, 2.75) is 64.1 Å². The zero-order valence-corrected chi connectivity index (χ0v) is 12.1. The minimum absolute atomic E-state index is 0.248. The molecule has 4 aliphatic heterocycles. The third-order valence-electron chi connectivity index (χ3n) is 5.97. The molecule has 7 atom stereocenters. The molecule has 0 N–H and O–H groups in total. The lowest BCUT2D eigenvalue weighted by Gasteiger charge is -2.58. The Balaban J connectivity index is 1.81. The number of fused-ring (bicyclic) bond motifs is 2. The van der Waals surface area contributed by atoms with Gasteiger partial charge < -0.3 is 9.47 Å². The van der Waals surface area contributed by atoms with Crippen molar-refractivity contribution in [3.8, 4) is 0 Å². The van der Waals surface area contributed by atoms with Gasteiger partial charge in [0, 0.05) is 12.3 Å². The van der Waals surface area contributed by atoms with Gasteiger partial charge in [0.25, 0.3) is 0 Å². The molecule has 0 aromatic carbocycles. The molecule has 0 unspecified atom stereocenters. The third kappa shape index (κ3) is 1.54. The zero-order valence-electron chi connectivity index (χ0n) is 12.1. The fraction of sp³-hybridized carbons (Fsp3) is 1.00. The predicted octanol–water partition coefficient (Wildman–Crippen LogP) is 2.87. The van der Waals surface area contributed by atoms with Crippen LogP contribution in [-0.4, -0.2) is 24.3 Å². The number of rotatable bonds is 0. The summed E-state index contributed by atoms with van der Waals surface area (Å²) in [5.74, 6) is 1.53. The standard InChI is InChI=1S/C15H24O4/c1-9-4-5-11-10(2)8-16-13-15(11)12(9)6-7-14(3,17-13)18-19-15/h9-13H,4-8H2,1-3H3/t9-,10+,11+,12+,13-,14-,15+/m1/s1. The van der Waals surface area contributed by atoms with E-state index in [4.69, 9.17) is 19.2 Å². The molecule has 1 spiro atoms. The van der Waals surface area contributed by atoms with Gasteiger partial charge in [-0.15, -0.1) is 0 Å². The molecular formula is C15H24O4. The van der Waals surface area contributed by atoms with Crippen molar-refractivity contribution in [1.29, 1.82) is 0 Å². The second kappa shape index (κ2) is 3.94. The highest BCUT2D eigenvalue weighted by molar-refractivity contribution is 5.08. The molecule has 5 aliphatic rings. The minimum atomic E-state index is -0.627. The normalized spacial score (nSPS) is 60.5. The molecule has 108 valence electrons. The van der Waals surface area contributed by atoms with Crippen LogP contribution < -0.4 is 0 Å². The van der Waals surface area contributed by atoms with Crippen molar-refractivity contribution in [1.82, 2.24) is 0 Å². The summed E-state index contributed by atoms with van der Waals surface area (Å²) in [6.45, 7) is 7.36. The van der Waals surface area contributed by atoms with Crippen molar-refractivity contribution in [2.24, 2.45) is 23.7 Å². The van der Waals surface area contributed by atoms with Crippen molar-refractivity contribution < 1.29 is 19.2 Å². The Bertz CT molecular complexity index is 386. The Kier molecular flexibility index (Phi) is 2.61. The van der Waals surface area contributed by atoms with E-state index >= 15 is 0 Å². The van der Waals surface area contributed by atoms with E-state index in [0.29, 0.717) is 23.7 Å². The van der Waals surface area contributed by atoms with Gasteiger partial charge in [-0.2, -0.15) is 0 Å². The lowest BCUT2D eigenvalue weighted by Crippen LogP contribution is -2.68. The highest BCUT2D eigenvalue weighted by Gasteiger charge is 2.67. The summed E-state index contributed by atoms with van der Waals surface area (Å²) < 4.78 is 12.2. The summed E-state index contributed by atoms with van der Waals surface area (Å²) in [7, 11) is 0. The first-order valence-electron chi connectivity index (χ1n) is 7.71. The summed E-state index contributed by atoms with van der Waals surface area (Å²) in [5, 5.41) is 0. The van der Waals surface area contributed by atoms with Crippen LogP contribution >= 0.6 is 0 Å². The fourth-order valence-electron chi connectivity index (χ4n) is 4.88. The van der Waals surface area contributed by atoms with Gasteiger partial charge in [0.1, 0.15) is 0 Å². The molecule has 5 rings (SSSR count). The minimum Gasteiger partial charge on any atom is -0.349 e. The summed E-state index contributed by atoms with van der Waals surface area (Å²) in [4.78, 5) is 11.7. The summed E-state index contributed by atoms with van der Waals surface area (Å²) in [5.41, 5.74) is -0.370. The largest absolute Gasteiger partial charge is 0.349 e. The van der Waals surface area contributed by atoms with Gasteiger partial charge in [0.15, 0.2) is 11.9 Å². The van der Waals surface area contributed by atoms with Crippen molar-refractivity contribution in [3.63, 3.8) is 0 Å². The van der Waals surface area contributed by atoms with Gasteiger partial charge in [-0.25, -0.2) is 9.78 Å². The fourth-order valence-corrected chi connectivity index (χ4v) is 4.88. The first-order valence-corrected chi connectivity index (χ1v) is 7.71. The van der Waals surface area contributed by atoms with E-state index in [9.17, 15) is 0 Å². The highest BCUT2D eigenvalue weighted by Crippen LogP contribution is 2.59. The molecule has 4 saturated heterocycles. The Labute approximate surface area is 114 Å². The van der Waals surface area contributed by atoms with Crippen LogP contribution in [0, 0.1) is 23.7 Å². The highest BCUT2D eigenvalue weighted by atomic mass is 17.3. The van der Waals surface area contributed by atoms with Gasteiger partial charge in [-0.05, 0) is 43.9 Å². The quantitative estimate of drug-likeness (QED) is 0.633. The molecule has 1 saturated carbocycles. The first-order chi connectivity index (χ1) is 9.05. The lowest BCUT2D eigenvalue weighted by atomic mass is 9.58. The van der Waals surface area contributed by atoms with E-state index in [1.54, 1.807) is 0 Å². The monoisotopic (exact) mass is 268 g/mol. The van der Waals surface area contributed by atoms with Gasteiger partial charge in [-0.3, -0.25) is 0 Å². The average molecular weight is 268 g/mol. The number of hydrogen-bond acceptors (Lipinski definition) is 4. The van der Waals surface area contributed by atoms with Crippen LogP contribution in [0.4, 0.5) is 0 Å². The van der Waals surface area contributed by atoms with Crippen LogP contribution in [0.15, 0.2) is 0 Å². The van der Waals surface area contributed by atoms with Crippen LogP contribution in [0.3, 0.4) is 0 Å². The Morgan fingerprint density at radius 1 is 0.947 bits per heavy atom. The molecule has 0 aromatic rings. The van der Waals surface area contributed by atoms with Crippen LogP contribution in [0.25, 0.3) is 0 Å². The number of hydrogen-bond donors (Lipinski definition) is 0. The smallest absolute Gasteiger partial charge is 0.201 e. The van der Waals surface area contributed by atoms with Crippen LogP contribution in [-0.2, 0) is 19.2 Å². The molecular weight excluding hydrogens is 244 g/mol. The van der Waals surface area contributed by atoms with Gasteiger partial charge >= 0.3 is 0 Å². The summed E-state index contributed by atoms with van der Waals surface area (Å²) in [6.07, 6.45) is 4.24. The maximum atomic E-state index is 6.16. The average Bonchev–Trinajstić information content (AvgIpc) is 2.61. The van der Waals surface area contributed by atoms with E-state index in [1.165, 1.54) is 12.8 Å². The first kappa shape index (κ1) is 12.6. The van der Waals surface area contributed by atoms with E-state index in [0.717, 1.165) is 19.4 Å². The molecule has 19 heavy (non-hydrogen) atoms. The van der Waals surface area contributed by atoms with Crippen LogP contribution in [0.1, 0.15) is 46.5 Å². The summed E-state index contributed by atoms with van der Waals surface area (Å²) in [6, 6.07) is 0. The van der Waals surface area contributed by atoms with E-state index in [1.807, 2.05) is 6.92 Å². The zero-order chi connectivity index (χ0) is 13.3. The molecule has 4 heteroatoms. The van der Waals surface area contributed by atoms with Crippen molar-refractivity contribution in [3.05, 3.63) is 0 Å². The second-order valence-corrected chi connectivity index (χ2v) is 7.22. The van der Waals surface area contributed by atoms with Gasteiger partial charge in [-0.1, -0.05) is 13.8 Å². The molecule has 2 bridgehead atoms. The Hall–Kier alpha value is -0.160. The molecule has 0 radical (unpaired) electrons. The molecule has 0 amide bonds. The number of ether oxygens (including phenoxy) is 2. The molecule has 0 aromatic heterocycles. The lowest BCUT2D eigenvalue weighted by molar-refractivity contribution is -0.566. The van der Waals surface area contributed by atoms with Crippen LogP contribution in [0.5, 0.6) is 0 Å². The van der Waals surface area contributed by atoms with Gasteiger partial charge in [0.05, 0.1) is 6.61 Å². The second-order valence-electron chi connectivity index (χ2n) is 7.22. The maximum absolute atomic E-state index is 6.16. The van der Waals surface area contributed by atoms with E-state index in [2.05, 4.69) is 13.8 Å². The van der Waals surface area contributed by atoms with E-state index < -0.39 is 5.79 Å². The Morgan fingerprint density at radius 3 is 2.58 bits per heavy atom. The van der Waals surface area contributed by atoms with Crippen LogP contribution in [0.2, 0.25) is 0 Å². The molecule has 4 nitrogen and oxygen atoms in total. The molecule has 5 fully saturated rings. The summed E-state index contributed by atoms with van der Waals surface area (Å²) >= 11 is 0. The van der Waals surface area contributed by atoms with E-state index in [-0.39, 0.29) is 11.9 Å². The predicted molar refractivity (Wildman–Crippen MR) is 67.9 cm³/mol. The molecule has 4 heterocycles. The SMILES string of the molecule is C[C@@H]1CC[C@H]2[C@@H](C)CO[C@@H]3O[C@@]4(C)CC[C@@H]1[C@]32OO4. The molecule has 1 aliphatic carbocycles. The van der Waals surface area contributed by atoms with Crippen molar-refractivity contribution >= 4 is 0 Å². The third-order valence-corrected chi connectivity index (χ3v) is 5.97. The Morgan fingerprint density at radius 2 is 1.74 bits per heavy atom. The van der Waals surface area contributed by atoms with Crippen molar-refractivity contribution in [2.75, 3.05) is 6.61 Å². The van der Waals surface area contributed by atoms with Gasteiger partial charge in [0.2, 0.25) is 5.79 Å². The maximum Gasteiger partial charge on any atom is 0.201 e. The topological polar surface area (TPSA) is 36.9 Å².